The van der Waals surface area contributed by atoms with Crippen molar-refractivity contribution < 1.29 is 15.0 Å². The van der Waals surface area contributed by atoms with Gasteiger partial charge < -0.3 is 15.0 Å². The maximum absolute atomic E-state index is 9.90. The third-order valence-corrected chi connectivity index (χ3v) is 0.727. The van der Waals surface area contributed by atoms with Crippen LogP contribution in [0.15, 0.2) is 0 Å². The molecule has 0 unspecified atom stereocenters. The average molecular weight is 148 g/mol. The maximum Gasteiger partial charge on any atom is 0.127 e. The van der Waals surface area contributed by atoms with Gasteiger partial charge in [0.05, 0.1) is 6.61 Å². The van der Waals surface area contributed by atoms with Crippen LogP contribution in [0.4, 0.5) is 0 Å². The zero-order valence-electron chi connectivity index (χ0n) is 6.79. The monoisotopic (exact) mass is 148 g/mol. The summed E-state index contributed by atoms with van der Waals surface area (Å²) in [5.74, 6) is 0. The van der Waals surface area contributed by atoms with E-state index in [1.54, 1.807) is 20.8 Å². The fraction of sp³-hybridized carbons (Fsp3) is 0.857. The minimum Gasteiger partial charge on any atom is -0.397 e. The first-order chi connectivity index (χ1) is 4.54. The highest BCUT2D eigenvalue weighted by Gasteiger charge is 2.12. The van der Waals surface area contributed by atoms with E-state index in [0.717, 1.165) is 6.29 Å². The van der Waals surface area contributed by atoms with Crippen molar-refractivity contribution in [3.05, 3.63) is 0 Å². The molecule has 0 aromatic heterocycles. The molecule has 0 aromatic carbocycles. The Morgan fingerprint density at radius 3 is 1.70 bits per heavy atom. The summed E-state index contributed by atoms with van der Waals surface area (Å²) in [7, 11) is 0. The lowest BCUT2D eigenvalue weighted by Gasteiger charge is -2.09. The first-order valence-electron chi connectivity index (χ1n) is 3.22. The fourth-order valence-electron chi connectivity index (χ4n) is 0.0373. The second kappa shape index (κ2) is 6.71. The lowest BCUT2D eigenvalue weighted by Crippen LogP contribution is -2.17. The topological polar surface area (TPSA) is 57.5 Å². The number of carbonyl (C=O) groups excluding carboxylic acids is 1. The molecule has 10 heavy (non-hydrogen) atoms. The van der Waals surface area contributed by atoms with Crippen LogP contribution in [0.1, 0.15) is 20.8 Å². The molecule has 0 saturated heterocycles. The van der Waals surface area contributed by atoms with Crippen LogP contribution in [-0.4, -0.2) is 29.7 Å². The zero-order chi connectivity index (χ0) is 8.62. The molecule has 0 aliphatic carbocycles. The summed E-state index contributed by atoms with van der Waals surface area (Å²) >= 11 is 0. The second-order valence-corrected chi connectivity index (χ2v) is 2.58. The van der Waals surface area contributed by atoms with Gasteiger partial charge in [-0.1, -0.05) is 13.8 Å². The predicted molar refractivity (Wildman–Crippen MR) is 39.7 cm³/mol. The van der Waals surface area contributed by atoms with E-state index >= 15 is 0 Å². The molecular weight excluding hydrogens is 132 g/mol. The summed E-state index contributed by atoms with van der Waals surface area (Å²) < 4.78 is 0. The van der Waals surface area contributed by atoms with Gasteiger partial charge in [-0.15, -0.1) is 0 Å². The molecule has 0 aromatic rings. The molecule has 3 nitrogen and oxygen atoms in total. The summed E-state index contributed by atoms with van der Waals surface area (Å²) in [5.41, 5.74) is -0.542. The highest BCUT2D eigenvalue weighted by atomic mass is 16.3. The van der Waals surface area contributed by atoms with E-state index in [9.17, 15) is 4.79 Å². The van der Waals surface area contributed by atoms with Crippen molar-refractivity contribution >= 4 is 6.29 Å². The van der Waals surface area contributed by atoms with Gasteiger partial charge in [0.25, 0.3) is 0 Å². The van der Waals surface area contributed by atoms with Gasteiger partial charge in [-0.2, -0.15) is 0 Å². The van der Waals surface area contributed by atoms with E-state index in [0.29, 0.717) is 0 Å². The van der Waals surface area contributed by atoms with E-state index in [1.807, 2.05) is 0 Å². The van der Waals surface area contributed by atoms with Crippen LogP contribution in [0.3, 0.4) is 0 Å². The summed E-state index contributed by atoms with van der Waals surface area (Å²) in [6, 6.07) is 0. The van der Waals surface area contributed by atoms with Crippen LogP contribution >= 0.6 is 0 Å². The molecule has 0 spiro atoms. The standard InChI is InChI=1S/C5H10O2.C2H6O/c1-5(2,3-6)4-7;1-2-3/h3,7H,4H2,1-2H3;3H,2H2,1H3. The Hall–Kier alpha value is -0.410. The average Bonchev–Trinajstić information content (AvgIpc) is 1.90. The SMILES string of the molecule is CC(C)(C=O)CO.CCO. The summed E-state index contributed by atoms with van der Waals surface area (Å²) in [6.45, 7) is 5.22. The molecule has 0 bridgehead atoms. The van der Waals surface area contributed by atoms with Crippen LogP contribution in [0.2, 0.25) is 0 Å². The Morgan fingerprint density at radius 2 is 1.70 bits per heavy atom. The van der Waals surface area contributed by atoms with Gasteiger partial charge in [0, 0.05) is 12.0 Å². The Labute approximate surface area is 61.7 Å². The van der Waals surface area contributed by atoms with E-state index in [4.69, 9.17) is 10.2 Å². The van der Waals surface area contributed by atoms with Crippen molar-refractivity contribution in [2.75, 3.05) is 13.2 Å². The molecule has 0 aliphatic heterocycles. The summed E-state index contributed by atoms with van der Waals surface area (Å²) in [6.07, 6.45) is 0.743. The Balaban J connectivity index is 0. The molecule has 0 aliphatic rings. The van der Waals surface area contributed by atoms with Gasteiger partial charge in [0.1, 0.15) is 6.29 Å². The van der Waals surface area contributed by atoms with Crippen LogP contribution in [-0.2, 0) is 4.79 Å². The van der Waals surface area contributed by atoms with Crippen molar-refractivity contribution in [2.45, 2.75) is 20.8 Å². The summed E-state index contributed by atoms with van der Waals surface area (Å²) in [5, 5.41) is 15.9. The molecule has 62 valence electrons. The molecular formula is C7H16O3. The molecule has 0 fully saturated rings. The zero-order valence-corrected chi connectivity index (χ0v) is 6.79. The van der Waals surface area contributed by atoms with Crippen LogP contribution < -0.4 is 0 Å². The second-order valence-electron chi connectivity index (χ2n) is 2.58. The Kier molecular flexibility index (Phi) is 8.24. The first kappa shape index (κ1) is 12.3. The van der Waals surface area contributed by atoms with Gasteiger partial charge >= 0.3 is 0 Å². The molecule has 0 heterocycles. The molecule has 2 N–H and O–H groups in total. The number of aldehydes is 1. The maximum atomic E-state index is 9.90. The molecule has 0 saturated carbocycles. The van der Waals surface area contributed by atoms with Crippen molar-refractivity contribution in [3.8, 4) is 0 Å². The molecule has 0 atom stereocenters. The van der Waals surface area contributed by atoms with Crippen LogP contribution in [0.5, 0.6) is 0 Å². The predicted octanol–water partition coefficient (Wildman–Crippen LogP) is 0.202. The normalized spacial score (nSPS) is 9.70. The van der Waals surface area contributed by atoms with Gasteiger partial charge in [0.15, 0.2) is 0 Å². The van der Waals surface area contributed by atoms with E-state index in [1.165, 1.54) is 0 Å². The molecule has 3 heteroatoms. The number of aliphatic hydroxyl groups is 2. The minimum absolute atomic E-state index is 0.0729. The van der Waals surface area contributed by atoms with Crippen molar-refractivity contribution in [3.63, 3.8) is 0 Å². The lowest BCUT2D eigenvalue weighted by atomic mass is 9.98. The van der Waals surface area contributed by atoms with Gasteiger partial charge in [-0.05, 0) is 6.92 Å². The Morgan fingerprint density at radius 1 is 1.40 bits per heavy atom. The highest BCUT2D eigenvalue weighted by molar-refractivity contribution is 5.57. The third-order valence-electron chi connectivity index (χ3n) is 0.727. The Bertz CT molecular complexity index is 78.9. The molecule has 0 radical (unpaired) electrons. The molecule has 0 rings (SSSR count). The first-order valence-corrected chi connectivity index (χ1v) is 3.22. The van der Waals surface area contributed by atoms with Gasteiger partial charge in [0.2, 0.25) is 0 Å². The number of hydrogen-bond donors (Lipinski definition) is 2. The van der Waals surface area contributed by atoms with E-state index in [2.05, 4.69) is 0 Å². The van der Waals surface area contributed by atoms with Gasteiger partial charge in [-0.25, -0.2) is 0 Å². The fourth-order valence-corrected chi connectivity index (χ4v) is 0.0373. The third kappa shape index (κ3) is 10.5. The van der Waals surface area contributed by atoms with E-state index in [-0.39, 0.29) is 13.2 Å². The largest absolute Gasteiger partial charge is 0.397 e. The van der Waals surface area contributed by atoms with E-state index < -0.39 is 5.41 Å². The lowest BCUT2D eigenvalue weighted by molar-refractivity contribution is -0.116. The number of hydrogen-bond acceptors (Lipinski definition) is 3. The minimum atomic E-state index is -0.542. The quantitative estimate of drug-likeness (QED) is 0.550. The van der Waals surface area contributed by atoms with Crippen LogP contribution in [0.25, 0.3) is 0 Å². The number of aliphatic hydroxyl groups excluding tert-OH is 2. The molecule has 0 amide bonds. The van der Waals surface area contributed by atoms with Crippen molar-refractivity contribution in [2.24, 2.45) is 5.41 Å². The van der Waals surface area contributed by atoms with Crippen LogP contribution in [0, 0.1) is 5.41 Å². The highest BCUT2D eigenvalue weighted by Crippen LogP contribution is 2.06. The van der Waals surface area contributed by atoms with Crippen molar-refractivity contribution in [1.29, 1.82) is 0 Å². The van der Waals surface area contributed by atoms with Crippen molar-refractivity contribution in [1.82, 2.24) is 0 Å². The smallest absolute Gasteiger partial charge is 0.127 e. The summed E-state index contributed by atoms with van der Waals surface area (Å²) in [4.78, 5) is 9.90. The van der Waals surface area contributed by atoms with Gasteiger partial charge in [-0.3, -0.25) is 0 Å². The number of rotatable bonds is 2. The number of carbonyl (C=O) groups is 1.